The van der Waals surface area contributed by atoms with E-state index in [1.165, 1.54) is 12.8 Å². The van der Waals surface area contributed by atoms with Crippen molar-refractivity contribution in [2.24, 2.45) is 5.73 Å². The maximum absolute atomic E-state index is 10.7. The van der Waals surface area contributed by atoms with Gasteiger partial charge in [-0.15, -0.1) is 0 Å². The lowest BCUT2D eigenvalue weighted by Gasteiger charge is -2.28. The molecule has 0 unspecified atom stereocenters. The predicted molar refractivity (Wildman–Crippen MR) is 44.0 cm³/mol. The minimum Gasteiger partial charge on any atom is -0.352 e. The summed E-state index contributed by atoms with van der Waals surface area (Å²) in [5.41, 5.74) is 5.81. The maximum Gasteiger partial charge on any atom is 0.217 e. The molecule has 0 bridgehead atoms. The predicted octanol–water partition coefficient (Wildman–Crippen LogP) is 0.392. The molecule has 3 nitrogen and oxygen atoms in total. The first-order valence-corrected chi connectivity index (χ1v) is 4.23. The molecule has 2 atom stereocenters. The Hall–Kier alpha value is -0.570. The van der Waals surface area contributed by atoms with Crippen LogP contribution in [0.2, 0.25) is 0 Å². The topological polar surface area (TPSA) is 55.1 Å². The van der Waals surface area contributed by atoms with Crippen molar-refractivity contribution in [1.82, 2.24) is 5.32 Å². The standard InChI is InChI=1S/C8H16N2O/c1-6(11)10-8-5-3-2-4-7(8)9/h7-8H,2-5,9H2,1H3,(H,10,11)/t7-,8+/m0/s1. The van der Waals surface area contributed by atoms with Crippen molar-refractivity contribution < 1.29 is 4.79 Å². The molecule has 3 N–H and O–H groups in total. The molecule has 0 saturated heterocycles. The molecule has 1 amide bonds. The zero-order chi connectivity index (χ0) is 8.27. The zero-order valence-corrected chi connectivity index (χ0v) is 6.97. The molecular weight excluding hydrogens is 140 g/mol. The Morgan fingerprint density at radius 1 is 1.45 bits per heavy atom. The van der Waals surface area contributed by atoms with Crippen molar-refractivity contribution in [3.8, 4) is 0 Å². The summed E-state index contributed by atoms with van der Waals surface area (Å²) in [4.78, 5) is 10.7. The van der Waals surface area contributed by atoms with E-state index in [9.17, 15) is 4.79 Å². The average Bonchev–Trinajstić information content (AvgIpc) is 1.93. The molecule has 1 saturated carbocycles. The first kappa shape index (κ1) is 8.53. The molecule has 0 heterocycles. The van der Waals surface area contributed by atoms with Gasteiger partial charge in [0, 0.05) is 19.0 Å². The molecule has 0 aliphatic heterocycles. The van der Waals surface area contributed by atoms with E-state index >= 15 is 0 Å². The van der Waals surface area contributed by atoms with Crippen LogP contribution in [0.15, 0.2) is 0 Å². The first-order chi connectivity index (χ1) is 5.20. The van der Waals surface area contributed by atoms with Crippen molar-refractivity contribution in [1.29, 1.82) is 0 Å². The number of amides is 1. The molecule has 0 aromatic carbocycles. The van der Waals surface area contributed by atoms with Crippen LogP contribution in [-0.4, -0.2) is 18.0 Å². The summed E-state index contributed by atoms with van der Waals surface area (Å²) in [7, 11) is 0. The fourth-order valence-corrected chi connectivity index (χ4v) is 1.60. The summed E-state index contributed by atoms with van der Waals surface area (Å²) in [6.07, 6.45) is 4.49. The van der Waals surface area contributed by atoms with E-state index in [0.717, 1.165) is 12.8 Å². The van der Waals surface area contributed by atoms with Gasteiger partial charge in [-0.3, -0.25) is 4.79 Å². The Morgan fingerprint density at radius 2 is 2.09 bits per heavy atom. The highest BCUT2D eigenvalue weighted by Crippen LogP contribution is 2.16. The van der Waals surface area contributed by atoms with Crippen LogP contribution in [0.1, 0.15) is 32.6 Å². The molecule has 0 radical (unpaired) electrons. The SMILES string of the molecule is CC(=O)N[C@@H]1CCCC[C@@H]1N. The number of nitrogens with two attached hydrogens (primary N) is 1. The number of carbonyl (C=O) groups excluding carboxylic acids is 1. The summed E-state index contributed by atoms with van der Waals surface area (Å²) in [6, 6.07) is 0.397. The van der Waals surface area contributed by atoms with Gasteiger partial charge in [0.1, 0.15) is 0 Å². The van der Waals surface area contributed by atoms with Crippen LogP contribution in [0.5, 0.6) is 0 Å². The number of hydrogen-bond acceptors (Lipinski definition) is 2. The highest BCUT2D eigenvalue weighted by atomic mass is 16.1. The third-order valence-electron chi connectivity index (χ3n) is 2.21. The van der Waals surface area contributed by atoms with Gasteiger partial charge in [0.15, 0.2) is 0 Å². The van der Waals surface area contributed by atoms with Crippen LogP contribution in [-0.2, 0) is 4.79 Å². The van der Waals surface area contributed by atoms with Crippen molar-refractivity contribution in [3.63, 3.8) is 0 Å². The lowest BCUT2D eigenvalue weighted by atomic mass is 9.91. The highest BCUT2D eigenvalue weighted by molar-refractivity contribution is 5.73. The van der Waals surface area contributed by atoms with Crippen LogP contribution in [0.3, 0.4) is 0 Å². The smallest absolute Gasteiger partial charge is 0.217 e. The normalized spacial score (nSPS) is 31.5. The second-order valence-corrected chi connectivity index (χ2v) is 3.26. The number of rotatable bonds is 1. The van der Waals surface area contributed by atoms with Crippen LogP contribution in [0.4, 0.5) is 0 Å². The Balaban J connectivity index is 2.35. The molecule has 64 valence electrons. The molecule has 1 fully saturated rings. The largest absolute Gasteiger partial charge is 0.352 e. The van der Waals surface area contributed by atoms with Crippen LogP contribution >= 0.6 is 0 Å². The quantitative estimate of drug-likeness (QED) is 0.577. The number of nitrogens with one attached hydrogen (secondary N) is 1. The first-order valence-electron chi connectivity index (χ1n) is 4.23. The van der Waals surface area contributed by atoms with Gasteiger partial charge in [0.2, 0.25) is 5.91 Å². The third-order valence-corrected chi connectivity index (χ3v) is 2.21. The van der Waals surface area contributed by atoms with Gasteiger partial charge in [-0.05, 0) is 12.8 Å². The summed E-state index contributed by atoms with van der Waals surface area (Å²) >= 11 is 0. The van der Waals surface area contributed by atoms with Gasteiger partial charge in [-0.25, -0.2) is 0 Å². The van der Waals surface area contributed by atoms with Gasteiger partial charge < -0.3 is 11.1 Å². The molecule has 1 aliphatic carbocycles. The fraction of sp³-hybridized carbons (Fsp3) is 0.875. The monoisotopic (exact) mass is 156 g/mol. The van der Waals surface area contributed by atoms with E-state index in [4.69, 9.17) is 5.73 Å². The number of carbonyl (C=O) groups is 1. The van der Waals surface area contributed by atoms with E-state index in [0.29, 0.717) is 0 Å². The van der Waals surface area contributed by atoms with Crippen molar-refractivity contribution >= 4 is 5.91 Å². The fourth-order valence-electron chi connectivity index (χ4n) is 1.60. The van der Waals surface area contributed by atoms with Gasteiger partial charge >= 0.3 is 0 Å². The molecular formula is C8H16N2O. The Kier molecular flexibility index (Phi) is 2.88. The minimum absolute atomic E-state index is 0.0346. The van der Waals surface area contributed by atoms with E-state index < -0.39 is 0 Å². The van der Waals surface area contributed by atoms with Gasteiger partial charge in [0.25, 0.3) is 0 Å². The lowest BCUT2D eigenvalue weighted by molar-refractivity contribution is -0.120. The molecule has 0 aromatic heterocycles. The van der Waals surface area contributed by atoms with Crippen LogP contribution in [0, 0.1) is 0 Å². The van der Waals surface area contributed by atoms with Gasteiger partial charge in [-0.2, -0.15) is 0 Å². The van der Waals surface area contributed by atoms with Crippen molar-refractivity contribution in [2.45, 2.75) is 44.7 Å². The van der Waals surface area contributed by atoms with E-state index in [2.05, 4.69) is 5.32 Å². The van der Waals surface area contributed by atoms with Crippen LogP contribution in [0.25, 0.3) is 0 Å². The van der Waals surface area contributed by atoms with Crippen molar-refractivity contribution in [3.05, 3.63) is 0 Å². The van der Waals surface area contributed by atoms with Crippen LogP contribution < -0.4 is 11.1 Å². The van der Waals surface area contributed by atoms with E-state index in [1.807, 2.05) is 0 Å². The second kappa shape index (κ2) is 3.72. The highest BCUT2D eigenvalue weighted by Gasteiger charge is 2.21. The summed E-state index contributed by atoms with van der Waals surface area (Å²) < 4.78 is 0. The molecule has 1 aliphatic rings. The maximum atomic E-state index is 10.7. The molecule has 11 heavy (non-hydrogen) atoms. The Labute approximate surface area is 67.3 Å². The summed E-state index contributed by atoms with van der Waals surface area (Å²) in [5.74, 6) is 0.0346. The zero-order valence-electron chi connectivity index (χ0n) is 6.97. The Morgan fingerprint density at radius 3 is 2.64 bits per heavy atom. The summed E-state index contributed by atoms with van der Waals surface area (Å²) in [6.45, 7) is 1.54. The third kappa shape index (κ3) is 2.50. The van der Waals surface area contributed by atoms with Gasteiger partial charge in [0.05, 0.1) is 0 Å². The van der Waals surface area contributed by atoms with E-state index in [1.54, 1.807) is 6.92 Å². The molecule has 3 heteroatoms. The molecule has 0 spiro atoms. The second-order valence-electron chi connectivity index (χ2n) is 3.26. The minimum atomic E-state index is 0.0346. The molecule has 1 rings (SSSR count). The average molecular weight is 156 g/mol. The summed E-state index contributed by atoms with van der Waals surface area (Å²) in [5, 5.41) is 2.87. The number of hydrogen-bond donors (Lipinski definition) is 2. The van der Waals surface area contributed by atoms with Crippen molar-refractivity contribution in [2.75, 3.05) is 0 Å². The molecule has 0 aromatic rings. The van der Waals surface area contributed by atoms with Gasteiger partial charge in [-0.1, -0.05) is 12.8 Å². The Bertz CT molecular complexity index is 147. The van der Waals surface area contributed by atoms with E-state index in [-0.39, 0.29) is 18.0 Å². The lowest BCUT2D eigenvalue weighted by Crippen LogP contribution is -2.48.